The number of ether oxygens (including phenoxy) is 1. The van der Waals surface area contributed by atoms with Gasteiger partial charge in [0, 0.05) is 12.6 Å². The Balaban J connectivity index is 1.97. The van der Waals surface area contributed by atoms with Crippen molar-refractivity contribution in [1.29, 1.82) is 0 Å². The van der Waals surface area contributed by atoms with E-state index in [9.17, 15) is 14.4 Å². The Kier molecular flexibility index (Phi) is 4.23. The largest absolute Gasteiger partial charge is 0.469 e. The number of nitrogens with two attached hydrogens (primary N) is 2. The molecular formula is C20H24ClN3O4. The first-order chi connectivity index (χ1) is 13.3. The number of aromatic nitrogens is 1. The number of amides is 2. The van der Waals surface area contributed by atoms with Crippen molar-refractivity contribution in [2.24, 2.45) is 34.1 Å². The van der Waals surface area contributed by atoms with Gasteiger partial charge in [-0.1, -0.05) is 17.7 Å². The van der Waals surface area contributed by atoms with Crippen molar-refractivity contribution in [3.05, 3.63) is 29.0 Å². The molecule has 1 aromatic heterocycles. The summed E-state index contributed by atoms with van der Waals surface area (Å²) in [5, 5.41) is 0.284. The van der Waals surface area contributed by atoms with Crippen molar-refractivity contribution in [3.63, 3.8) is 0 Å². The van der Waals surface area contributed by atoms with Gasteiger partial charge in [0.15, 0.2) is 0 Å². The van der Waals surface area contributed by atoms with E-state index in [1.165, 1.54) is 13.3 Å². The first kappa shape index (κ1) is 19.2. The zero-order valence-electron chi connectivity index (χ0n) is 15.7. The van der Waals surface area contributed by atoms with E-state index in [0.29, 0.717) is 5.56 Å². The number of carbonyl (C=O) groups is 3. The first-order valence-corrected chi connectivity index (χ1v) is 9.94. The molecule has 0 aromatic carbocycles. The molecule has 2 bridgehead atoms. The highest BCUT2D eigenvalue weighted by molar-refractivity contribution is 6.29. The second-order valence-corrected chi connectivity index (χ2v) is 8.76. The lowest BCUT2D eigenvalue weighted by molar-refractivity contribution is -0.150. The predicted octanol–water partition coefficient (Wildman–Crippen LogP) is 1.70. The maximum Gasteiger partial charge on any atom is 0.305 e. The predicted molar refractivity (Wildman–Crippen MR) is 101 cm³/mol. The van der Waals surface area contributed by atoms with Crippen LogP contribution in [0.25, 0.3) is 0 Å². The molecule has 3 saturated carbocycles. The minimum atomic E-state index is -1.30. The van der Waals surface area contributed by atoms with Gasteiger partial charge in [-0.25, -0.2) is 4.98 Å². The molecule has 7 nitrogen and oxygen atoms in total. The highest BCUT2D eigenvalue weighted by Crippen LogP contribution is 2.82. The average molecular weight is 406 g/mol. The minimum Gasteiger partial charge on any atom is -0.469 e. The van der Waals surface area contributed by atoms with Gasteiger partial charge in [0.05, 0.1) is 17.9 Å². The number of halogens is 1. The molecule has 4 rings (SSSR count). The molecule has 4 N–H and O–H groups in total. The van der Waals surface area contributed by atoms with E-state index in [0.717, 1.165) is 25.7 Å². The van der Waals surface area contributed by atoms with Crippen molar-refractivity contribution >= 4 is 29.4 Å². The van der Waals surface area contributed by atoms with Crippen LogP contribution in [0.1, 0.15) is 44.1 Å². The zero-order chi connectivity index (χ0) is 20.3. The fraction of sp³-hybridized carbons (Fsp3) is 0.600. The molecule has 1 aromatic rings. The molecule has 0 radical (unpaired) electrons. The third-order valence-electron chi connectivity index (χ3n) is 7.74. The summed E-state index contributed by atoms with van der Waals surface area (Å²) in [6.07, 6.45) is 5.11. The SMILES string of the molecule is COC(=O)CC[C@@]1(C(N)=O)[C@@H]2CC[C@@H](C23CC3)[C@@]1(C(N)=O)c1ccc(Cl)nc1. The number of pyridine rings is 1. The first-order valence-electron chi connectivity index (χ1n) is 9.56. The molecule has 8 heteroatoms. The molecule has 0 aliphatic heterocycles. The second kappa shape index (κ2) is 6.17. The molecule has 1 spiro atoms. The smallest absolute Gasteiger partial charge is 0.305 e. The molecule has 1 heterocycles. The van der Waals surface area contributed by atoms with Gasteiger partial charge in [-0.3, -0.25) is 14.4 Å². The van der Waals surface area contributed by atoms with Gasteiger partial charge in [-0.2, -0.15) is 0 Å². The van der Waals surface area contributed by atoms with E-state index in [4.69, 9.17) is 27.8 Å². The Hall–Kier alpha value is -2.15. The molecule has 2 amide bonds. The lowest BCUT2D eigenvalue weighted by Crippen LogP contribution is -2.63. The van der Waals surface area contributed by atoms with Gasteiger partial charge in [0.1, 0.15) is 5.15 Å². The molecular weight excluding hydrogens is 382 g/mol. The number of rotatable bonds is 6. The number of primary amides is 2. The minimum absolute atomic E-state index is 0.00517. The van der Waals surface area contributed by atoms with Crippen LogP contribution in [0.5, 0.6) is 0 Å². The maximum atomic E-state index is 13.2. The van der Waals surface area contributed by atoms with Gasteiger partial charge in [0.25, 0.3) is 0 Å². The number of hydrogen-bond acceptors (Lipinski definition) is 5. The van der Waals surface area contributed by atoms with Crippen molar-refractivity contribution in [1.82, 2.24) is 4.98 Å². The summed E-state index contributed by atoms with van der Waals surface area (Å²) < 4.78 is 4.80. The molecule has 4 atom stereocenters. The number of carbonyl (C=O) groups excluding carboxylic acids is 3. The Morgan fingerprint density at radius 1 is 1.18 bits per heavy atom. The molecule has 0 unspecified atom stereocenters. The van der Waals surface area contributed by atoms with E-state index < -0.39 is 28.6 Å². The zero-order valence-corrected chi connectivity index (χ0v) is 16.5. The van der Waals surface area contributed by atoms with Crippen LogP contribution in [0.15, 0.2) is 18.3 Å². The van der Waals surface area contributed by atoms with E-state index in [1.807, 2.05) is 0 Å². The highest BCUT2D eigenvalue weighted by Gasteiger charge is 2.84. The topological polar surface area (TPSA) is 125 Å². The molecule has 150 valence electrons. The van der Waals surface area contributed by atoms with E-state index in [2.05, 4.69) is 4.98 Å². The second-order valence-electron chi connectivity index (χ2n) is 8.37. The quantitative estimate of drug-likeness (QED) is 0.550. The van der Waals surface area contributed by atoms with Crippen LogP contribution in [0.3, 0.4) is 0 Å². The van der Waals surface area contributed by atoms with Crippen molar-refractivity contribution < 1.29 is 19.1 Å². The molecule has 0 saturated heterocycles. The Labute approximate surface area is 168 Å². The lowest BCUT2D eigenvalue weighted by atomic mass is 9.51. The molecule has 3 fully saturated rings. The maximum absolute atomic E-state index is 13.2. The number of methoxy groups -OCH3 is 1. The third-order valence-corrected chi connectivity index (χ3v) is 7.97. The van der Waals surface area contributed by atoms with Crippen molar-refractivity contribution in [3.8, 4) is 0 Å². The number of nitrogens with zero attached hydrogens (tertiary/aromatic N) is 1. The highest BCUT2D eigenvalue weighted by atomic mass is 35.5. The Morgan fingerprint density at radius 2 is 1.86 bits per heavy atom. The van der Waals surface area contributed by atoms with Crippen LogP contribution in [0.2, 0.25) is 5.15 Å². The summed E-state index contributed by atoms with van der Waals surface area (Å²) in [5.74, 6) is -1.80. The van der Waals surface area contributed by atoms with Crippen molar-refractivity contribution in [2.75, 3.05) is 7.11 Å². The molecule has 3 aliphatic rings. The summed E-state index contributed by atoms with van der Waals surface area (Å²) in [7, 11) is 1.30. The average Bonchev–Trinajstić information content (AvgIpc) is 3.33. The molecule has 28 heavy (non-hydrogen) atoms. The van der Waals surface area contributed by atoms with Gasteiger partial charge in [-0.15, -0.1) is 0 Å². The summed E-state index contributed by atoms with van der Waals surface area (Å²) in [5.41, 5.74) is 9.98. The summed E-state index contributed by atoms with van der Waals surface area (Å²) in [6, 6.07) is 3.31. The van der Waals surface area contributed by atoms with Crippen LogP contribution in [-0.4, -0.2) is 29.9 Å². The summed E-state index contributed by atoms with van der Waals surface area (Å²) in [4.78, 5) is 42.4. The summed E-state index contributed by atoms with van der Waals surface area (Å²) in [6.45, 7) is 0. The van der Waals surface area contributed by atoms with Gasteiger partial charge in [-0.05, 0) is 61.0 Å². The van der Waals surface area contributed by atoms with Gasteiger partial charge in [0.2, 0.25) is 11.8 Å². The van der Waals surface area contributed by atoms with E-state index >= 15 is 0 Å². The van der Waals surface area contributed by atoms with Crippen LogP contribution >= 0.6 is 11.6 Å². The monoisotopic (exact) mass is 405 g/mol. The Morgan fingerprint density at radius 3 is 2.36 bits per heavy atom. The lowest BCUT2D eigenvalue weighted by Gasteiger charge is -2.49. The number of esters is 1. The van der Waals surface area contributed by atoms with Gasteiger partial charge >= 0.3 is 5.97 Å². The fourth-order valence-electron chi connectivity index (χ4n) is 6.83. The Bertz CT molecular complexity index is 854. The van der Waals surface area contributed by atoms with Crippen LogP contribution < -0.4 is 11.5 Å². The van der Waals surface area contributed by atoms with Crippen LogP contribution in [-0.2, 0) is 24.5 Å². The summed E-state index contributed by atoms with van der Waals surface area (Å²) >= 11 is 5.97. The van der Waals surface area contributed by atoms with E-state index in [-0.39, 0.29) is 35.2 Å². The van der Waals surface area contributed by atoms with Crippen molar-refractivity contribution in [2.45, 2.75) is 43.9 Å². The normalized spacial score (nSPS) is 34.4. The third kappa shape index (κ3) is 2.11. The number of hydrogen-bond donors (Lipinski definition) is 2. The van der Waals surface area contributed by atoms with Crippen LogP contribution in [0.4, 0.5) is 0 Å². The van der Waals surface area contributed by atoms with E-state index in [1.54, 1.807) is 12.1 Å². The van der Waals surface area contributed by atoms with Gasteiger partial charge < -0.3 is 16.2 Å². The molecule has 3 aliphatic carbocycles. The standard InChI is InChI=1S/C20H24ClN3O4/c1-28-15(25)6-7-19(16(22)26)12-3-4-13(18(12)8-9-18)20(19,17(23)27)11-2-5-14(21)24-10-11/h2,5,10,12-13H,3-4,6-9H2,1H3,(H2,22,26)(H2,23,27)/t12-,13+,19+,20-/m1/s1. The fourth-order valence-corrected chi connectivity index (χ4v) is 6.94. The van der Waals surface area contributed by atoms with Crippen LogP contribution in [0, 0.1) is 22.7 Å².